The zero-order chi connectivity index (χ0) is 22.9. The third-order valence-corrected chi connectivity index (χ3v) is 6.81. The van der Waals surface area contributed by atoms with E-state index in [0.717, 1.165) is 24.3 Å². The van der Waals surface area contributed by atoms with Gasteiger partial charge in [0, 0.05) is 0 Å². The van der Waals surface area contributed by atoms with E-state index in [1.165, 1.54) is 50.5 Å². The van der Waals surface area contributed by atoms with Gasteiger partial charge in [0.25, 0.3) is 0 Å². The van der Waals surface area contributed by atoms with E-state index < -0.39 is 5.97 Å². The van der Waals surface area contributed by atoms with E-state index in [9.17, 15) is 10.1 Å². The molecule has 0 unspecified atom stereocenters. The monoisotopic (exact) mass is 431 g/mol. The zero-order valence-electron chi connectivity index (χ0n) is 19.9. The fourth-order valence-corrected chi connectivity index (χ4v) is 4.69. The van der Waals surface area contributed by atoms with Crippen molar-refractivity contribution >= 4 is 5.97 Å². The van der Waals surface area contributed by atoms with Crippen LogP contribution in [0.1, 0.15) is 105 Å². The SMILES string of the molecule is CCCCC1CCC(c2ccc(C(=O)Oc3ccc(CCC(C)C)cc3C#N)cc2)CC1. The number of aryl methyl sites for hydroxylation is 1. The second-order valence-corrected chi connectivity index (χ2v) is 9.75. The molecule has 0 atom stereocenters. The Labute approximate surface area is 193 Å². The molecular weight excluding hydrogens is 394 g/mol. The molecule has 0 amide bonds. The molecule has 2 aromatic carbocycles. The van der Waals surface area contributed by atoms with Crippen LogP contribution in [0, 0.1) is 23.2 Å². The number of carbonyl (C=O) groups excluding carboxylic acids is 1. The molecule has 3 nitrogen and oxygen atoms in total. The molecule has 0 bridgehead atoms. The zero-order valence-corrected chi connectivity index (χ0v) is 19.9. The molecule has 0 heterocycles. The number of unbranched alkanes of at least 4 members (excludes halogenated alkanes) is 1. The lowest BCUT2D eigenvalue weighted by Crippen LogP contribution is -2.14. The third kappa shape index (κ3) is 6.70. The van der Waals surface area contributed by atoms with Gasteiger partial charge in [-0.25, -0.2) is 4.79 Å². The molecule has 1 aliphatic carbocycles. The number of hydrogen-bond donors (Lipinski definition) is 0. The molecule has 0 radical (unpaired) electrons. The normalized spacial score (nSPS) is 18.3. The summed E-state index contributed by atoms with van der Waals surface area (Å²) in [5.74, 6) is 2.02. The lowest BCUT2D eigenvalue weighted by atomic mass is 9.77. The predicted molar refractivity (Wildman–Crippen MR) is 130 cm³/mol. The minimum absolute atomic E-state index is 0.334. The van der Waals surface area contributed by atoms with Gasteiger partial charge in [-0.1, -0.05) is 58.2 Å². The third-order valence-electron chi connectivity index (χ3n) is 6.81. The van der Waals surface area contributed by atoms with Crippen molar-refractivity contribution in [3.63, 3.8) is 0 Å². The van der Waals surface area contributed by atoms with Gasteiger partial charge in [0.15, 0.2) is 0 Å². The van der Waals surface area contributed by atoms with Crippen LogP contribution in [-0.4, -0.2) is 5.97 Å². The number of nitrogens with zero attached hydrogens (tertiary/aromatic N) is 1. The van der Waals surface area contributed by atoms with Crippen LogP contribution in [0.25, 0.3) is 0 Å². The summed E-state index contributed by atoms with van der Waals surface area (Å²) in [5, 5.41) is 9.51. The van der Waals surface area contributed by atoms with E-state index in [1.807, 2.05) is 24.3 Å². The Morgan fingerprint density at radius 2 is 1.81 bits per heavy atom. The van der Waals surface area contributed by atoms with Crippen LogP contribution < -0.4 is 4.74 Å². The Morgan fingerprint density at radius 1 is 1.09 bits per heavy atom. The van der Waals surface area contributed by atoms with Crippen molar-refractivity contribution < 1.29 is 9.53 Å². The van der Waals surface area contributed by atoms with Gasteiger partial charge in [0.2, 0.25) is 0 Å². The molecule has 0 N–H and O–H groups in total. The average molecular weight is 432 g/mol. The second kappa shape index (κ2) is 11.9. The van der Waals surface area contributed by atoms with Gasteiger partial charge in [-0.05, 0) is 91.7 Å². The Bertz CT molecular complexity index is 915. The lowest BCUT2D eigenvalue weighted by molar-refractivity contribution is 0.0734. The van der Waals surface area contributed by atoms with Gasteiger partial charge in [-0.2, -0.15) is 5.26 Å². The van der Waals surface area contributed by atoms with Crippen molar-refractivity contribution in [2.45, 2.75) is 84.5 Å². The molecule has 0 saturated heterocycles. The smallest absolute Gasteiger partial charge is 0.343 e. The van der Waals surface area contributed by atoms with E-state index in [0.29, 0.717) is 28.7 Å². The van der Waals surface area contributed by atoms with Gasteiger partial charge >= 0.3 is 5.97 Å². The Hall–Kier alpha value is -2.60. The number of rotatable bonds is 9. The molecule has 1 fully saturated rings. The summed E-state index contributed by atoms with van der Waals surface area (Å²) in [6.45, 7) is 6.64. The highest BCUT2D eigenvalue weighted by Gasteiger charge is 2.22. The van der Waals surface area contributed by atoms with Crippen molar-refractivity contribution in [2.75, 3.05) is 0 Å². The highest BCUT2D eigenvalue weighted by atomic mass is 16.5. The number of hydrogen-bond acceptors (Lipinski definition) is 3. The Morgan fingerprint density at radius 3 is 2.44 bits per heavy atom. The van der Waals surface area contributed by atoms with Crippen molar-refractivity contribution in [3.8, 4) is 11.8 Å². The number of nitriles is 1. The summed E-state index contributed by atoms with van der Waals surface area (Å²) in [5.41, 5.74) is 3.36. The number of benzene rings is 2. The van der Waals surface area contributed by atoms with E-state index in [4.69, 9.17) is 4.74 Å². The van der Waals surface area contributed by atoms with Crippen LogP contribution in [0.3, 0.4) is 0 Å². The van der Waals surface area contributed by atoms with Gasteiger partial charge in [0.05, 0.1) is 11.1 Å². The summed E-state index contributed by atoms with van der Waals surface area (Å²) >= 11 is 0. The average Bonchev–Trinajstić information content (AvgIpc) is 2.82. The minimum atomic E-state index is -0.411. The first-order chi connectivity index (χ1) is 15.5. The van der Waals surface area contributed by atoms with Gasteiger partial charge < -0.3 is 4.74 Å². The molecule has 0 aliphatic heterocycles. The van der Waals surface area contributed by atoms with E-state index >= 15 is 0 Å². The first-order valence-electron chi connectivity index (χ1n) is 12.3. The first-order valence-corrected chi connectivity index (χ1v) is 12.3. The maximum Gasteiger partial charge on any atom is 0.343 e. The van der Waals surface area contributed by atoms with Gasteiger partial charge in [-0.15, -0.1) is 0 Å². The summed E-state index contributed by atoms with van der Waals surface area (Å²) in [6, 6.07) is 15.6. The van der Waals surface area contributed by atoms with Crippen molar-refractivity contribution in [3.05, 3.63) is 64.7 Å². The van der Waals surface area contributed by atoms with Crippen LogP contribution in [0.5, 0.6) is 5.75 Å². The molecule has 170 valence electrons. The van der Waals surface area contributed by atoms with Gasteiger partial charge in [0.1, 0.15) is 11.8 Å². The molecule has 0 aromatic heterocycles. The molecule has 3 rings (SSSR count). The van der Waals surface area contributed by atoms with Crippen molar-refractivity contribution in [2.24, 2.45) is 11.8 Å². The summed E-state index contributed by atoms with van der Waals surface area (Å²) in [7, 11) is 0. The molecular formula is C29H37NO2. The number of esters is 1. The minimum Gasteiger partial charge on any atom is -0.422 e. The molecule has 0 spiro atoms. The first kappa shape index (κ1) is 24.1. The molecule has 32 heavy (non-hydrogen) atoms. The van der Waals surface area contributed by atoms with Gasteiger partial charge in [-0.3, -0.25) is 0 Å². The highest BCUT2D eigenvalue weighted by Crippen LogP contribution is 2.37. The van der Waals surface area contributed by atoms with Crippen molar-refractivity contribution in [1.82, 2.24) is 0 Å². The van der Waals surface area contributed by atoms with E-state index in [1.54, 1.807) is 6.07 Å². The predicted octanol–water partition coefficient (Wildman–Crippen LogP) is 7.83. The highest BCUT2D eigenvalue weighted by molar-refractivity contribution is 5.91. The van der Waals surface area contributed by atoms with E-state index in [2.05, 4.69) is 39.0 Å². The number of ether oxygens (including phenoxy) is 1. The standard InChI is InChI=1S/C29H37NO2/c1-4-5-6-22-9-12-24(13-10-22)25-14-16-26(17-15-25)29(31)32-28-18-11-23(8-7-21(2)3)19-27(28)20-30/h11,14-19,21-22,24H,4-10,12-13H2,1-3H3. The van der Waals surface area contributed by atoms with Crippen molar-refractivity contribution in [1.29, 1.82) is 5.26 Å². The largest absolute Gasteiger partial charge is 0.422 e. The maximum absolute atomic E-state index is 12.7. The Kier molecular flexibility index (Phi) is 8.91. The quantitative estimate of drug-likeness (QED) is 0.300. The maximum atomic E-state index is 12.7. The van der Waals surface area contributed by atoms with Crippen LogP contribution in [0.4, 0.5) is 0 Å². The van der Waals surface area contributed by atoms with Crippen LogP contribution in [-0.2, 0) is 6.42 Å². The molecule has 3 heteroatoms. The topological polar surface area (TPSA) is 50.1 Å². The van der Waals surface area contributed by atoms with Crippen LogP contribution in [0.2, 0.25) is 0 Å². The lowest BCUT2D eigenvalue weighted by Gasteiger charge is -2.28. The molecule has 1 saturated carbocycles. The summed E-state index contributed by atoms with van der Waals surface area (Å²) in [6.07, 6.45) is 11.1. The second-order valence-electron chi connectivity index (χ2n) is 9.75. The van der Waals surface area contributed by atoms with Crippen LogP contribution >= 0.6 is 0 Å². The van der Waals surface area contributed by atoms with E-state index in [-0.39, 0.29) is 0 Å². The summed E-state index contributed by atoms with van der Waals surface area (Å²) in [4.78, 5) is 12.7. The number of carbonyl (C=O) groups is 1. The Balaban J connectivity index is 1.59. The fourth-order valence-electron chi connectivity index (χ4n) is 4.69. The molecule has 2 aromatic rings. The fraction of sp³-hybridized carbons (Fsp3) is 0.517. The summed E-state index contributed by atoms with van der Waals surface area (Å²) < 4.78 is 5.58. The molecule has 1 aliphatic rings. The van der Waals surface area contributed by atoms with Crippen LogP contribution in [0.15, 0.2) is 42.5 Å².